The highest BCUT2D eigenvalue weighted by Crippen LogP contribution is 2.32. The molecule has 0 heterocycles. The summed E-state index contributed by atoms with van der Waals surface area (Å²) in [5.41, 5.74) is -0.867. The van der Waals surface area contributed by atoms with Gasteiger partial charge in [-0.3, -0.25) is 9.59 Å². The first-order chi connectivity index (χ1) is 11.6. The van der Waals surface area contributed by atoms with Crippen molar-refractivity contribution in [3.8, 4) is 0 Å². The fourth-order valence-electron chi connectivity index (χ4n) is 2.51. The van der Waals surface area contributed by atoms with Crippen LogP contribution < -0.4 is 5.32 Å². The quantitative estimate of drug-likeness (QED) is 0.817. The van der Waals surface area contributed by atoms with Gasteiger partial charge in [-0.2, -0.15) is 13.2 Å². The summed E-state index contributed by atoms with van der Waals surface area (Å²) in [5.74, 6) is -1.10. The van der Waals surface area contributed by atoms with Gasteiger partial charge in [0.2, 0.25) is 11.8 Å². The Kier molecular flexibility index (Phi) is 5.72. The van der Waals surface area contributed by atoms with Gasteiger partial charge in [0.05, 0.1) is 11.7 Å². The first-order valence-corrected chi connectivity index (χ1v) is 7.99. The van der Waals surface area contributed by atoms with Gasteiger partial charge in [-0.15, -0.1) is 0 Å². The van der Waals surface area contributed by atoms with E-state index in [0.717, 1.165) is 23.8 Å². The van der Waals surface area contributed by atoms with E-state index in [9.17, 15) is 27.9 Å². The third-order valence-electron chi connectivity index (χ3n) is 4.10. The summed E-state index contributed by atoms with van der Waals surface area (Å²) >= 11 is 0. The van der Waals surface area contributed by atoms with Crippen LogP contribution in [0.15, 0.2) is 24.3 Å². The van der Waals surface area contributed by atoms with Gasteiger partial charge >= 0.3 is 6.18 Å². The van der Waals surface area contributed by atoms with Crippen LogP contribution in [-0.2, 0) is 22.3 Å². The molecule has 0 saturated heterocycles. The van der Waals surface area contributed by atoms with Gasteiger partial charge in [0.1, 0.15) is 6.04 Å². The molecule has 2 atom stereocenters. The molecule has 8 heteroatoms. The topological polar surface area (TPSA) is 69.6 Å². The fraction of sp³-hybridized carbons (Fsp3) is 0.529. The Balaban J connectivity index is 2.11. The van der Waals surface area contributed by atoms with Crippen LogP contribution in [0, 0.1) is 5.92 Å². The summed E-state index contributed by atoms with van der Waals surface area (Å²) in [6, 6.07) is 3.81. The maximum Gasteiger partial charge on any atom is 0.416 e. The third-order valence-corrected chi connectivity index (χ3v) is 4.10. The van der Waals surface area contributed by atoms with Crippen LogP contribution in [0.4, 0.5) is 13.2 Å². The number of aliphatic hydroxyl groups excluding tert-OH is 1. The summed E-state index contributed by atoms with van der Waals surface area (Å²) in [7, 11) is 1.34. The van der Waals surface area contributed by atoms with E-state index >= 15 is 0 Å². The van der Waals surface area contributed by atoms with Crippen LogP contribution in [-0.4, -0.2) is 41.0 Å². The normalized spacial score (nSPS) is 16.9. The molecule has 0 radical (unpaired) electrons. The lowest BCUT2D eigenvalue weighted by Crippen LogP contribution is -2.53. The smallest absolute Gasteiger partial charge is 0.391 e. The molecule has 1 fully saturated rings. The van der Waals surface area contributed by atoms with Crippen molar-refractivity contribution in [3.05, 3.63) is 35.4 Å². The van der Waals surface area contributed by atoms with Crippen LogP contribution >= 0.6 is 0 Å². The molecule has 1 saturated carbocycles. The van der Waals surface area contributed by atoms with Crippen LogP contribution in [0.2, 0.25) is 0 Å². The zero-order chi connectivity index (χ0) is 18.8. The van der Waals surface area contributed by atoms with Gasteiger partial charge in [0.25, 0.3) is 0 Å². The number of benzene rings is 1. The molecule has 2 amide bonds. The Hall–Kier alpha value is -2.09. The number of nitrogens with one attached hydrogen (secondary N) is 1. The van der Waals surface area contributed by atoms with Crippen molar-refractivity contribution in [1.82, 2.24) is 10.2 Å². The van der Waals surface area contributed by atoms with Crippen molar-refractivity contribution < 1.29 is 27.9 Å². The molecule has 2 rings (SSSR count). The number of carbonyl (C=O) groups is 2. The van der Waals surface area contributed by atoms with Gasteiger partial charge in [0.15, 0.2) is 0 Å². The number of rotatable bonds is 6. The highest BCUT2D eigenvalue weighted by atomic mass is 19.4. The molecule has 1 aromatic rings. The molecule has 2 N–H and O–H groups in total. The zero-order valence-electron chi connectivity index (χ0n) is 14.0. The molecule has 1 aliphatic carbocycles. The second kappa shape index (κ2) is 7.43. The first kappa shape index (κ1) is 19.2. The molecule has 0 aliphatic heterocycles. The SMILES string of the molecule is CC(O)C(NC(=O)C1CC1)C(=O)N(C)Cc1ccccc1C(F)(F)F. The number of likely N-dealkylation sites (N-methyl/N-ethyl adjacent to an activating group) is 1. The highest BCUT2D eigenvalue weighted by Gasteiger charge is 2.36. The predicted molar refractivity (Wildman–Crippen MR) is 84.3 cm³/mol. The van der Waals surface area contributed by atoms with Crippen LogP contribution in [0.1, 0.15) is 30.9 Å². The maximum atomic E-state index is 13.1. The van der Waals surface area contributed by atoms with Gasteiger partial charge in [0, 0.05) is 19.5 Å². The second-order valence-electron chi connectivity index (χ2n) is 6.35. The minimum Gasteiger partial charge on any atom is -0.391 e. The van der Waals surface area contributed by atoms with E-state index in [1.807, 2.05) is 0 Å². The third kappa shape index (κ3) is 4.94. The van der Waals surface area contributed by atoms with Crippen molar-refractivity contribution >= 4 is 11.8 Å². The number of amides is 2. The molecule has 2 unspecified atom stereocenters. The summed E-state index contributed by atoms with van der Waals surface area (Å²) in [4.78, 5) is 25.4. The van der Waals surface area contributed by atoms with Crippen molar-refractivity contribution in [2.75, 3.05) is 7.05 Å². The lowest BCUT2D eigenvalue weighted by Gasteiger charge is -2.27. The van der Waals surface area contributed by atoms with Crippen molar-refractivity contribution in [3.63, 3.8) is 0 Å². The van der Waals surface area contributed by atoms with Crippen molar-refractivity contribution in [1.29, 1.82) is 0 Å². The average Bonchev–Trinajstić information content (AvgIpc) is 3.35. The van der Waals surface area contributed by atoms with E-state index in [1.165, 1.54) is 32.2 Å². The van der Waals surface area contributed by atoms with Crippen LogP contribution in [0.3, 0.4) is 0 Å². The zero-order valence-corrected chi connectivity index (χ0v) is 14.0. The summed E-state index contributed by atoms with van der Waals surface area (Å²) in [6.45, 7) is 1.07. The number of nitrogens with zero attached hydrogens (tertiary/aromatic N) is 1. The summed E-state index contributed by atoms with van der Waals surface area (Å²) in [5, 5.41) is 12.3. The van der Waals surface area contributed by atoms with E-state index < -0.39 is 29.8 Å². The Labute approximate surface area is 143 Å². The molecule has 0 aromatic heterocycles. The average molecular weight is 358 g/mol. The number of carbonyl (C=O) groups excluding carboxylic acids is 2. The second-order valence-corrected chi connectivity index (χ2v) is 6.35. The minimum atomic E-state index is -4.52. The number of hydrogen-bond acceptors (Lipinski definition) is 3. The van der Waals surface area contributed by atoms with E-state index in [1.54, 1.807) is 0 Å². The number of aliphatic hydroxyl groups is 1. The van der Waals surface area contributed by atoms with E-state index in [4.69, 9.17) is 0 Å². The largest absolute Gasteiger partial charge is 0.416 e. The van der Waals surface area contributed by atoms with Crippen molar-refractivity contribution in [2.45, 2.75) is 44.6 Å². The highest BCUT2D eigenvalue weighted by molar-refractivity contribution is 5.89. The lowest BCUT2D eigenvalue weighted by molar-refractivity contribution is -0.141. The number of halogens is 3. The molecule has 25 heavy (non-hydrogen) atoms. The van der Waals surface area contributed by atoms with Gasteiger partial charge in [-0.25, -0.2) is 0 Å². The fourth-order valence-corrected chi connectivity index (χ4v) is 2.51. The van der Waals surface area contributed by atoms with Gasteiger partial charge < -0.3 is 15.3 Å². The molecule has 138 valence electrons. The molecule has 1 aromatic carbocycles. The lowest BCUT2D eigenvalue weighted by atomic mass is 10.1. The molecule has 0 spiro atoms. The van der Waals surface area contributed by atoms with Gasteiger partial charge in [-0.05, 0) is 31.4 Å². The maximum absolute atomic E-state index is 13.1. The van der Waals surface area contributed by atoms with Crippen LogP contribution in [0.5, 0.6) is 0 Å². The van der Waals surface area contributed by atoms with Crippen molar-refractivity contribution in [2.24, 2.45) is 5.92 Å². The molecule has 1 aliphatic rings. The Morgan fingerprint density at radius 2 is 1.92 bits per heavy atom. The Bertz CT molecular complexity index is 642. The first-order valence-electron chi connectivity index (χ1n) is 7.99. The monoisotopic (exact) mass is 358 g/mol. The Morgan fingerprint density at radius 1 is 1.32 bits per heavy atom. The van der Waals surface area contributed by atoms with E-state index in [2.05, 4.69) is 5.32 Å². The van der Waals surface area contributed by atoms with E-state index in [-0.39, 0.29) is 23.9 Å². The summed E-state index contributed by atoms with van der Waals surface area (Å²) < 4.78 is 39.2. The van der Waals surface area contributed by atoms with Gasteiger partial charge in [-0.1, -0.05) is 18.2 Å². The predicted octanol–water partition coefficient (Wildman–Crippen LogP) is 1.94. The molecule has 5 nitrogen and oxygen atoms in total. The Morgan fingerprint density at radius 3 is 2.44 bits per heavy atom. The number of alkyl halides is 3. The standard InChI is InChI=1S/C17H21F3N2O3/c1-10(23)14(21-15(24)11-7-8-11)16(25)22(2)9-12-5-3-4-6-13(12)17(18,19)20/h3-6,10-11,14,23H,7-9H2,1-2H3,(H,21,24). The van der Waals surface area contributed by atoms with E-state index in [0.29, 0.717) is 0 Å². The minimum absolute atomic E-state index is 0.0521. The summed E-state index contributed by atoms with van der Waals surface area (Å²) in [6.07, 6.45) is -4.21. The molecular weight excluding hydrogens is 337 g/mol. The van der Waals surface area contributed by atoms with Crippen LogP contribution in [0.25, 0.3) is 0 Å². The number of hydrogen-bond donors (Lipinski definition) is 2. The molecular formula is C17H21F3N2O3. The molecule has 0 bridgehead atoms.